The van der Waals surface area contributed by atoms with Crippen molar-refractivity contribution < 1.29 is 13.9 Å². The summed E-state index contributed by atoms with van der Waals surface area (Å²) < 4.78 is 24.2. The molecule has 6 heteroatoms. The Kier molecular flexibility index (Phi) is 6.02. The molecule has 0 saturated carbocycles. The molecule has 2 heterocycles. The van der Waals surface area contributed by atoms with Crippen LogP contribution < -0.4 is 4.90 Å². The van der Waals surface area contributed by atoms with Crippen LogP contribution in [0.2, 0.25) is 0 Å². The molecule has 1 aromatic carbocycles. The Morgan fingerprint density at radius 2 is 1.92 bits per heavy atom. The Morgan fingerprint density at radius 1 is 1.17 bits per heavy atom. The van der Waals surface area contributed by atoms with Gasteiger partial charge in [-0.05, 0) is 40.3 Å². The molecule has 1 aliphatic heterocycles. The van der Waals surface area contributed by atoms with Gasteiger partial charge in [-0.1, -0.05) is 30.3 Å². The van der Waals surface area contributed by atoms with Crippen molar-refractivity contribution in [2.24, 2.45) is 0 Å². The van der Waals surface area contributed by atoms with Crippen molar-refractivity contribution in [2.75, 3.05) is 32.0 Å². The minimum Gasteiger partial charge on any atom is -0.377 e. The second-order valence-corrected chi connectivity index (χ2v) is 6.92. The van der Waals surface area contributed by atoms with Crippen LogP contribution in [0.5, 0.6) is 0 Å². The summed E-state index contributed by atoms with van der Waals surface area (Å²) in [5, 5.41) is 0. The van der Waals surface area contributed by atoms with Crippen LogP contribution in [0.1, 0.15) is 11.3 Å². The summed E-state index contributed by atoms with van der Waals surface area (Å²) in [6.07, 6.45) is 0.386. The lowest BCUT2D eigenvalue weighted by atomic mass is 10.1. The van der Waals surface area contributed by atoms with Crippen molar-refractivity contribution in [1.82, 2.24) is 4.98 Å². The highest BCUT2D eigenvalue weighted by atomic mass is 127. The minimum absolute atomic E-state index is 0.139. The van der Waals surface area contributed by atoms with Crippen LogP contribution in [0.25, 0.3) is 0 Å². The number of ether oxygens (including phenoxy) is 2. The molecular weight excluding hydrogens is 422 g/mol. The molecule has 0 radical (unpaired) electrons. The third kappa shape index (κ3) is 4.04. The average molecular weight is 442 g/mol. The SMILES string of the molecule is COC1CN(c2ccc(I)c(Cc3ccccc3)n2)CC1OCF. The van der Waals surface area contributed by atoms with Crippen LogP contribution in [-0.2, 0) is 15.9 Å². The van der Waals surface area contributed by atoms with Crippen LogP contribution >= 0.6 is 22.6 Å². The summed E-state index contributed by atoms with van der Waals surface area (Å²) in [5.41, 5.74) is 2.28. The van der Waals surface area contributed by atoms with Gasteiger partial charge in [0.15, 0.2) is 6.86 Å². The van der Waals surface area contributed by atoms with E-state index in [2.05, 4.69) is 45.7 Å². The van der Waals surface area contributed by atoms with E-state index in [4.69, 9.17) is 14.5 Å². The van der Waals surface area contributed by atoms with E-state index in [0.29, 0.717) is 13.1 Å². The quantitative estimate of drug-likeness (QED) is 0.643. The Balaban J connectivity index is 1.78. The number of hydrogen-bond acceptors (Lipinski definition) is 4. The lowest BCUT2D eigenvalue weighted by Gasteiger charge is -2.18. The molecule has 1 aromatic heterocycles. The van der Waals surface area contributed by atoms with Crippen LogP contribution in [-0.4, -0.2) is 44.3 Å². The van der Waals surface area contributed by atoms with Crippen molar-refractivity contribution in [3.05, 3.63) is 57.3 Å². The summed E-state index contributed by atoms with van der Waals surface area (Å²) in [7, 11) is 1.63. The first kappa shape index (κ1) is 17.6. The minimum atomic E-state index is -0.794. The zero-order valence-corrected chi connectivity index (χ0v) is 15.6. The van der Waals surface area contributed by atoms with Gasteiger partial charge < -0.3 is 14.4 Å². The van der Waals surface area contributed by atoms with Gasteiger partial charge in [0.1, 0.15) is 18.0 Å². The van der Waals surface area contributed by atoms with Crippen LogP contribution in [0.3, 0.4) is 0 Å². The fraction of sp³-hybridized carbons (Fsp3) is 0.389. The van der Waals surface area contributed by atoms with Crippen molar-refractivity contribution in [1.29, 1.82) is 0 Å². The molecule has 0 amide bonds. The first-order chi connectivity index (χ1) is 11.7. The monoisotopic (exact) mass is 442 g/mol. The van der Waals surface area contributed by atoms with E-state index in [1.54, 1.807) is 7.11 Å². The normalized spacial score (nSPS) is 20.5. The lowest BCUT2D eigenvalue weighted by Crippen LogP contribution is -2.28. The van der Waals surface area contributed by atoms with Crippen molar-refractivity contribution in [3.8, 4) is 0 Å². The zero-order valence-electron chi connectivity index (χ0n) is 13.5. The Hall–Kier alpha value is -1.25. The van der Waals surface area contributed by atoms with E-state index in [0.717, 1.165) is 21.5 Å². The molecule has 1 saturated heterocycles. The van der Waals surface area contributed by atoms with E-state index in [1.807, 2.05) is 24.3 Å². The highest BCUT2D eigenvalue weighted by Gasteiger charge is 2.34. The third-order valence-corrected chi connectivity index (χ3v) is 5.22. The predicted molar refractivity (Wildman–Crippen MR) is 100 cm³/mol. The summed E-state index contributed by atoms with van der Waals surface area (Å²) in [6, 6.07) is 14.4. The number of rotatable bonds is 6. The van der Waals surface area contributed by atoms with Crippen molar-refractivity contribution in [3.63, 3.8) is 0 Å². The van der Waals surface area contributed by atoms with Crippen LogP contribution in [0.15, 0.2) is 42.5 Å². The molecule has 128 valence electrons. The molecule has 2 aromatic rings. The lowest BCUT2D eigenvalue weighted by molar-refractivity contribution is -0.0590. The molecule has 3 rings (SSSR count). The second-order valence-electron chi connectivity index (χ2n) is 5.75. The molecule has 0 bridgehead atoms. The topological polar surface area (TPSA) is 34.6 Å². The summed E-state index contributed by atoms with van der Waals surface area (Å²) in [6.45, 7) is 0.443. The van der Waals surface area contributed by atoms with Gasteiger partial charge in [-0.15, -0.1) is 0 Å². The van der Waals surface area contributed by atoms with Gasteiger partial charge in [0, 0.05) is 30.2 Å². The number of alkyl halides is 1. The average Bonchev–Trinajstić information content (AvgIpc) is 3.01. The van der Waals surface area contributed by atoms with Gasteiger partial charge in [0.05, 0.1) is 5.69 Å². The zero-order chi connectivity index (χ0) is 16.9. The molecular formula is C18H20FIN2O2. The highest BCUT2D eigenvalue weighted by molar-refractivity contribution is 14.1. The molecule has 4 nitrogen and oxygen atoms in total. The molecule has 1 aliphatic rings. The maximum atomic E-state index is 12.5. The standard InChI is InChI=1S/C18H20FIN2O2/c1-23-16-10-22(11-17(16)24-12-19)18-8-7-14(20)15(21-18)9-13-5-3-2-4-6-13/h2-8,16-17H,9-12H2,1H3. The third-order valence-electron chi connectivity index (χ3n) is 4.24. The molecule has 2 atom stereocenters. The number of methoxy groups -OCH3 is 1. The highest BCUT2D eigenvalue weighted by Crippen LogP contribution is 2.25. The maximum Gasteiger partial charge on any atom is 0.188 e. The summed E-state index contributed by atoms with van der Waals surface area (Å²) in [5.74, 6) is 0.883. The Morgan fingerprint density at radius 3 is 2.62 bits per heavy atom. The van der Waals surface area contributed by atoms with E-state index >= 15 is 0 Å². The smallest absolute Gasteiger partial charge is 0.188 e. The Labute approximate surface area is 155 Å². The predicted octanol–water partition coefficient (Wildman–Crippen LogP) is 3.42. The van der Waals surface area contributed by atoms with Gasteiger partial charge in [0.25, 0.3) is 0 Å². The number of hydrogen-bond donors (Lipinski definition) is 0. The first-order valence-corrected chi connectivity index (χ1v) is 8.93. The van der Waals surface area contributed by atoms with Crippen molar-refractivity contribution >= 4 is 28.4 Å². The number of aromatic nitrogens is 1. The van der Waals surface area contributed by atoms with Crippen molar-refractivity contribution in [2.45, 2.75) is 18.6 Å². The second kappa shape index (κ2) is 8.22. The molecule has 0 spiro atoms. The summed E-state index contributed by atoms with van der Waals surface area (Å²) >= 11 is 2.32. The fourth-order valence-corrected chi connectivity index (χ4v) is 3.45. The summed E-state index contributed by atoms with van der Waals surface area (Å²) in [4.78, 5) is 6.92. The largest absolute Gasteiger partial charge is 0.377 e. The molecule has 2 unspecified atom stereocenters. The van der Waals surface area contributed by atoms with E-state index < -0.39 is 6.86 Å². The first-order valence-electron chi connectivity index (χ1n) is 7.86. The molecule has 24 heavy (non-hydrogen) atoms. The van der Waals surface area contributed by atoms with Crippen LogP contribution in [0, 0.1) is 3.57 Å². The van der Waals surface area contributed by atoms with Gasteiger partial charge in [0.2, 0.25) is 0 Å². The fourth-order valence-electron chi connectivity index (χ4n) is 2.96. The number of anilines is 1. The van der Waals surface area contributed by atoms with E-state index in [-0.39, 0.29) is 12.2 Å². The number of halogens is 2. The Bertz CT molecular complexity index is 671. The van der Waals surface area contributed by atoms with E-state index in [9.17, 15) is 4.39 Å². The molecule has 1 fully saturated rings. The van der Waals surface area contributed by atoms with Gasteiger partial charge in [-0.3, -0.25) is 0 Å². The van der Waals surface area contributed by atoms with Gasteiger partial charge >= 0.3 is 0 Å². The number of nitrogens with zero attached hydrogens (tertiary/aromatic N) is 2. The van der Waals surface area contributed by atoms with Gasteiger partial charge in [-0.25, -0.2) is 9.37 Å². The number of pyridine rings is 1. The molecule has 0 aliphatic carbocycles. The maximum absolute atomic E-state index is 12.5. The van der Waals surface area contributed by atoms with Gasteiger partial charge in [-0.2, -0.15) is 0 Å². The molecule has 0 N–H and O–H groups in total. The van der Waals surface area contributed by atoms with Crippen LogP contribution in [0.4, 0.5) is 10.2 Å². The van der Waals surface area contributed by atoms with E-state index in [1.165, 1.54) is 5.56 Å². The number of benzene rings is 1.